The van der Waals surface area contributed by atoms with Crippen LogP contribution in [-0.4, -0.2) is 28.3 Å². The molecule has 20 heavy (non-hydrogen) atoms. The number of nitrogens with zero attached hydrogens (tertiary/aromatic N) is 1. The summed E-state index contributed by atoms with van der Waals surface area (Å²) < 4.78 is 0. The molecule has 6 heteroatoms. The fourth-order valence-corrected chi connectivity index (χ4v) is 2.16. The lowest BCUT2D eigenvalue weighted by molar-refractivity contribution is -0.145. The molecule has 0 saturated carbocycles. The molecule has 0 atom stereocenters. The number of aliphatic carboxylic acids is 1. The van der Waals surface area contributed by atoms with Crippen molar-refractivity contribution in [1.82, 2.24) is 5.32 Å². The second-order valence-corrected chi connectivity index (χ2v) is 5.77. The summed E-state index contributed by atoms with van der Waals surface area (Å²) in [5, 5.41) is 20.0. The van der Waals surface area contributed by atoms with Crippen molar-refractivity contribution in [1.29, 1.82) is 5.26 Å². The minimum Gasteiger partial charge on any atom is -0.480 e. The highest BCUT2D eigenvalue weighted by Gasteiger charge is 2.28. The second kappa shape index (κ2) is 6.96. The largest absolute Gasteiger partial charge is 0.480 e. The van der Waals surface area contributed by atoms with Crippen molar-refractivity contribution >= 4 is 23.6 Å². The summed E-state index contributed by atoms with van der Waals surface area (Å²) in [6.07, 6.45) is 0. The molecule has 0 aliphatic carbocycles. The van der Waals surface area contributed by atoms with Gasteiger partial charge in [-0.15, -0.1) is 11.8 Å². The lowest BCUT2D eigenvalue weighted by atomic mass is 10.1. The zero-order chi connectivity index (χ0) is 15.2. The second-order valence-electron chi connectivity index (χ2n) is 4.78. The lowest BCUT2D eigenvalue weighted by Gasteiger charge is -2.20. The number of benzene rings is 1. The van der Waals surface area contributed by atoms with E-state index in [4.69, 9.17) is 10.4 Å². The van der Waals surface area contributed by atoms with Gasteiger partial charge in [0, 0.05) is 5.75 Å². The molecule has 5 nitrogen and oxygen atoms in total. The molecule has 0 bridgehead atoms. The number of rotatable bonds is 6. The Bertz CT molecular complexity index is 532. The average molecular weight is 292 g/mol. The monoisotopic (exact) mass is 292 g/mol. The highest BCUT2D eigenvalue weighted by atomic mass is 32.2. The summed E-state index contributed by atoms with van der Waals surface area (Å²) in [6, 6.07) is 9.17. The molecule has 1 aromatic carbocycles. The number of carboxylic acid groups (broad SMARTS) is 1. The number of hydrogen-bond donors (Lipinski definition) is 2. The van der Waals surface area contributed by atoms with Crippen molar-refractivity contribution in [2.45, 2.75) is 25.1 Å². The van der Waals surface area contributed by atoms with E-state index in [1.807, 2.05) is 18.2 Å². The molecule has 106 valence electrons. The average Bonchev–Trinajstić information content (AvgIpc) is 2.38. The van der Waals surface area contributed by atoms with Gasteiger partial charge < -0.3 is 10.4 Å². The Morgan fingerprint density at radius 1 is 1.35 bits per heavy atom. The van der Waals surface area contributed by atoms with Crippen LogP contribution in [0.2, 0.25) is 0 Å². The Balaban J connectivity index is 2.39. The van der Waals surface area contributed by atoms with Gasteiger partial charge in [0.1, 0.15) is 5.54 Å². The molecule has 0 unspecified atom stereocenters. The van der Waals surface area contributed by atoms with Crippen LogP contribution in [0.3, 0.4) is 0 Å². The van der Waals surface area contributed by atoms with E-state index in [1.54, 1.807) is 12.1 Å². The normalized spacial score (nSPS) is 10.7. The van der Waals surface area contributed by atoms with E-state index in [-0.39, 0.29) is 11.7 Å². The van der Waals surface area contributed by atoms with E-state index >= 15 is 0 Å². The van der Waals surface area contributed by atoms with E-state index in [9.17, 15) is 9.59 Å². The van der Waals surface area contributed by atoms with Crippen LogP contribution in [0.25, 0.3) is 0 Å². The first-order valence-corrected chi connectivity index (χ1v) is 7.12. The van der Waals surface area contributed by atoms with Gasteiger partial charge in [-0.2, -0.15) is 5.26 Å². The minimum absolute atomic E-state index is 0.191. The number of carbonyl (C=O) groups is 2. The number of carboxylic acids is 1. The number of nitriles is 1. The van der Waals surface area contributed by atoms with Crippen LogP contribution in [-0.2, 0) is 15.3 Å². The van der Waals surface area contributed by atoms with Gasteiger partial charge in [-0.3, -0.25) is 4.79 Å². The summed E-state index contributed by atoms with van der Waals surface area (Å²) in [4.78, 5) is 22.5. The number of nitrogens with one attached hydrogen (secondary N) is 1. The molecule has 1 aromatic rings. The van der Waals surface area contributed by atoms with Crippen molar-refractivity contribution in [3.8, 4) is 6.07 Å². The molecule has 0 aliphatic heterocycles. The first-order valence-electron chi connectivity index (χ1n) is 5.96. The summed E-state index contributed by atoms with van der Waals surface area (Å²) in [7, 11) is 0. The molecule has 0 spiro atoms. The number of thioether (sulfide) groups is 1. The maximum absolute atomic E-state index is 11.6. The maximum Gasteiger partial charge on any atom is 0.328 e. The van der Waals surface area contributed by atoms with E-state index in [0.29, 0.717) is 11.3 Å². The number of hydrogen-bond acceptors (Lipinski definition) is 4. The molecule has 0 radical (unpaired) electrons. The van der Waals surface area contributed by atoms with Gasteiger partial charge >= 0.3 is 5.97 Å². The standard InChI is InChI=1S/C14H16N2O3S/c1-14(2,13(18)19)16-12(17)9-20-8-11-5-3-10(7-15)4-6-11/h3-6H,8-9H2,1-2H3,(H,16,17)(H,18,19). The first-order chi connectivity index (χ1) is 9.35. The maximum atomic E-state index is 11.6. The van der Waals surface area contributed by atoms with Gasteiger partial charge in [0.2, 0.25) is 5.91 Å². The first kappa shape index (κ1) is 16.1. The molecule has 0 heterocycles. The highest BCUT2D eigenvalue weighted by molar-refractivity contribution is 7.99. The molecular weight excluding hydrogens is 276 g/mol. The smallest absolute Gasteiger partial charge is 0.328 e. The van der Waals surface area contributed by atoms with Crippen LogP contribution in [0.4, 0.5) is 0 Å². The summed E-state index contributed by atoms with van der Waals surface area (Å²) >= 11 is 1.39. The van der Waals surface area contributed by atoms with Gasteiger partial charge in [-0.05, 0) is 31.5 Å². The molecule has 0 aliphatic rings. The van der Waals surface area contributed by atoms with E-state index in [1.165, 1.54) is 25.6 Å². The van der Waals surface area contributed by atoms with E-state index in [0.717, 1.165) is 5.56 Å². The van der Waals surface area contributed by atoms with Crippen LogP contribution in [0, 0.1) is 11.3 Å². The Kier molecular flexibility index (Phi) is 5.59. The zero-order valence-corrected chi connectivity index (χ0v) is 12.2. The van der Waals surface area contributed by atoms with Crippen molar-refractivity contribution in [3.63, 3.8) is 0 Å². The number of amides is 1. The highest BCUT2D eigenvalue weighted by Crippen LogP contribution is 2.13. The predicted molar refractivity (Wildman–Crippen MR) is 77.2 cm³/mol. The fourth-order valence-electron chi connectivity index (χ4n) is 1.38. The van der Waals surface area contributed by atoms with Gasteiger partial charge in [-0.25, -0.2) is 4.79 Å². The van der Waals surface area contributed by atoms with Gasteiger partial charge in [0.25, 0.3) is 0 Å². The van der Waals surface area contributed by atoms with Crippen molar-refractivity contribution in [3.05, 3.63) is 35.4 Å². The van der Waals surface area contributed by atoms with E-state index in [2.05, 4.69) is 5.32 Å². The Morgan fingerprint density at radius 3 is 2.45 bits per heavy atom. The SMILES string of the molecule is CC(C)(NC(=O)CSCc1ccc(C#N)cc1)C(=O)O. The van der Waals surface area contributed by atoms with E-state index < -0.39 is 11.5 Å². The third-order valence-electron chi connectivity index (χ3n) is 2.57. The zero-order valence-electron chi connectivity index (χ0n) is 11.3. The Labute approximate surface area is 122 Å². The Hall–Kier alpha value is -2.00. The third-order valence-corrected chi connectivity index (χ3v) is 3.58. The third kappa shape index (κ3) is 4.94. The summed E-state index contributed by atoms with van der Waals surface area (Å²) in [6.45, 7) is 2.89. The van der Waals surface area contributed by atoms with Crippen molar-refractivity contribution in [2.24, 2.45) is 0 Å². The molecule has 0 fully saturated rings. The fraction of sp³-hybridized carbons (Fsp3) is 0.357. The number of carbonyl (C=O) groups excluding carboxylic acids is 1. The van der Waals surface area contributed by atoms with Crippen molar-refractivity contribution in [2.75, 3.05) is 5.75 Å². The topological polar surface area (TPSA) is 90.2 Å². The van der Waals surface area contributed by atoms with Crippen LogP contribution >= 0.6 is 11.8 Å². The predicted octanol–water partition coefficient (Wildman–Crippen LogP) is 1.77. The van der Waals surface area contributed by atoms with Gasteiger partial charge in [0.15, 0.2) is 0 Å². The molecule has 0 saturated heterocycles. The molecule has 2 N–H and O–H groups in total. The molecule has 1 amide bonds. The Morgan fingerprint density at radius 2 is 1.95 bits per heavy atom. The minimum atomic E-state index is -1.26. The van der Waals surface area contributed by atoms with Crippen LogP contribution < -0.4 is 5.32 Å². The molecule has 1 rings (SSSR count). The molecular formula is C14H16N2O3S. The lowest BCUT2D eigenvalue weighted by Crippen LogP contribution is -2.50. The molecule has 0 aromatic heterocycles. The van der Waals surface area contributed by atoms with Crippen LogP contribution in [0.15, 0.2) is 24.3 Å². The van der Waals surface area contributed by atoms with Crippen LogP contribution in [0.5, 0.6) is 0 Å². The van der Waals surface area contributed by atoms with Crippen LogP contribution in [0.1, 0.15) is 25.0 Å². The van der Waals surface area contributed by atoms with Gasteiger partial charge in [-0.1, -0.05) is 12.1 Å². The van der Waals surface area contributed by atoms with Crippen molar-refractivity contribution < 1.29 is 14.7 Å². The summed E-state index contributed by atoms with van der Waals surface area (Å²) in [5.41, 5.74) is 0.352. The summed E-state index contributed by atoms with van der Waals surface area (Å²) in [5.74, 6) is -0.553. The quantitative estimate of drug-likeness (QED) is 0.834. The van der Waals surface area contributed by atoms with Gasteiger partial charge in [0.05, 0.1) is 17.4 Å².